The van der Waals surface area contributed by atoms with E-state index in [1.165, 1.54) is 44.9 Å². The number of carbonyl (C=O) groups excluding carboxylic acids is 1. The van der Waals surface area contributed by atoms with Gasteiger partial charge in [0.2, 0.25) is 0 Å². The van der Waals surface area contributed by atoms with Gasteiger partial charge in [-0.15, -0.1) is 0 Å². The van der Waals surface area contributed by atoms with Crippen LogP contribution in [0, 0.1) is 23.2 Å². The average Bonchev–Trinajstić information content (AvgIpc) is 2.46. The van der Waals surface area contributed by atoms with Crippen LogP contribution in [0.15, 0.2) is 12.2 Å². The fraction of sp³-hybridized carbons (Fsp3) is 0.870. The van der Waals surface area contributed by atoms with Gasteiger partial charge in [-0.1, -0.05) is 66.9 Å². The van der Waals surface area contributed by atoms with Crippen LogP contribution in [0.2, 0.25) is 0 Å². The molecule has 1 fully saturated rings. The van der Waals surface area contributed by atoms with Gasteiger partial charge in [0, 0.05) is 5.57 Å². The maximum Gasteiger partial charge on any atom is 0.333 e. The van der Waals surface area contributed by atoms with Crippen molar-refractivity contribution in [3.63, 3.8) is 0 Å². The Bertz CT molecular complexity index is 422. The summed E-state index contributed by atoms with van der Waals surface area (Å²) in [4.78, 5) is 12.1. The first-order valence-corrected chi connectivity index (χ1v) is 10.5. The van der Waals surface area contributed by atoms with Crippen molar-refractivity contribution in [2.75, 3.05) is 0 Å². The molecule has 1 aliphatic rings. The van der Waals surface area contributed by atoms with E-state index in [4.69, 9.17) is 4.74 Å². The van der Waals surface area contributed by atoms with Gasteiger partial charge < -0.3 is 4.74 Å². The second-order valence-electron chi connectivity index (χ2n) is 9.78. The van der Waals surface area contributed by atoms with Crippen molar-refractivity contribution in [3.8, 4) is 0 Å². The van der Waals surface area contributed by atoms with Gasteiger partial charge in [0.15, 0.2) is 0 Å². The SMILES string of the molecule is C=C(C)C(=O)OC(CCCCCCC(C)C)C1CC(C)CC(C)(C)C1. The first-order chi connectivity index (χ1) is 11.6. The van der Waals surface area contributed by atoms with E-state index in [0.29, 0.717) is 22.8 Å². The number of unbranched alkanes of at least 4 members (excludes halogenated alkanes) is 3. The van der Waals surface area contributed by atoms with Crippen LogP contribution in [-0.4, -0.2) is 12.1 Å². The van der Waals surface area contributed by atoms with E-state index >= 15 is 0 Å². The molecule has 3 unspecified atom stereocenters. The van der Waals surface area contributed by atoms with Crippen LogP contribution in [0.4, 0.5) is 0 Å². The molecule has 0 heterocycles. The summed E-state index contributed by atoms with van der Waals surface area (Å²) < 4.78 is 5.90. The maximum atomic E-state index is 12.1. The molecule has 1 aliphatic carbocycles. The smallest absolute Gasteiger partial charge is 0.333 e. The number of ether oxygens (including phenoxy) is 1. The fourth-order valence-corrected chi connectivity index (χ4v) is 4.58. The number of esters is 1. The Morgan fingerprint density at radius 1 is 1.12 bits per heavy atom. The highest BCUT2D eigenvalue weighted by Gasteiger charge is 2.37. The van der Waals surface area contributed by atoms with Gasteiger partial charge in [0.25, 0.3) is 0 Å². The van der Waals surface area contributed by atoms with Crippen LogP contribution in [0.25, 0.3) is 0 Å². The van der Waals surface area contributed by atoms with Crippen molar-refractivity contribution >= 4 is 5.97 Å². The predicted molar refractivity (Wildman–Crippen MR) is 108 cm³/mol. The zero-order valence-corrected chi connectivity index (χ0v) is 17.7. The summed E-state index contributed by atoms with van der Waals surface area (Å²) in [6.07, 6.45) is 11.1. The zero-order chi connectivity index (χ0) is 19.0. The van der Waals surface area contributed by atoms with Crippen molar-refractivity contribution < 1.29 is 9.53 Å². The van der Waals surface area contributed by atoms with Crippen molar-refractivity contribution in [3.05, 3.63) is 12.2 Å². The quantitative estimate of drug-likeness (QED) is 0.242. The van der Waals surface area contributed by atoms with E-state index in [-0.39, 0.29) is 12.1 Å². The van der Waals surface area contributed by atoms with Gasteiger partial charge in [0.1, 0.15) is 6.10 Å². The van der Waals surface area contributed by atoms with E-state index in [1.54, 1.807) is 6.92 Å². The minimum atomic E-state index is -0.208. The molecule has 1 rings (SSSR count). The van der Waals surface area contributed by atoms with Crippen molar-refractivity contribution in [1.29, 1.82) is 0 Å². The minimum absolute atomic E-state index is 0.0660. The third-order valence-corrected chi connectivity index (χ3v) is 5.57. The fourth-order valence-electron chi connectivity index (χ4n) is 4.58. The zero-order valence-electron chi connectivity index (χ0n) is 17.7. The number of rotatable bonds is 10. The largest absolute Gasteiger partial charge is 0.459 e. The third kappa shape index (κ3) is 8.92. The molecule has 25 heavy (non-hydrogen) atoms. The minimum Gasteiger partial charge on any atom is -0.459 e. The van der Waals surface area contributed by atoms with Crippen LogP contribution in [-0.2, 0) is 9.53 Å². The molecule has 0 aliphatic heterocycles. The molecule has 2 nitrogen and oxygen atoms in total. The Labute approximate surface area is 156 Å². The molecule has 0 spiro atoms. The summed E-state index contributed by atoms with van der Waals surface area (Å²) in [5.41, 5.74) is 0.873. The molecule has 0 saturated heterocycles. The molecule has 0 aromatic heterocycles. The summed E-state index contributed by atoms with van der Waals surface area (Å²) in [6.45, 7) is 17.2. The lowest BCUT2D eigenvalue weighted by atomic mass is 9.66. The number of hydrogen-bond acceptors (Lipinski definition) is 2. The lowest BCUT2D eigenvalue weighted by molar-refractivity contribution is -0.149. The van der Waals surface area contributed by atoms with Gasteiger partial charge in [-0.25, -0.2) is 4.79 Å². The summed E-state index contributed by atoms with van der Waals surface area (Å²) in [5.74, 6) is 1.81. The van der Waals surface area contributed by atoms with E-state index < -0.39 is 0 Å². The first kappa shape index (κ1) is 22.3. The van der Waals surface area contributed by atoms with E-state index in [9.17, 15) is 4.79 Å². The molecule has 0 amide bonds. The Balaban J connectivity index is 2.57. The molecular formula is C23H42O2. The highest BCUT2D eigenvalue weighted by atomic mass is 16.5. The molecule has 146 valence electrons. The second-order valence-corrected chi connectivity index (χ2v) is 9.78. The van der Waals surface area contributed by atoms with Crippen LogP contribution < -0.4 is 0 Å². The third-order valence-electron chi connectivity index (χ3n) is 5.57. The highest BCUT2D eigenvalue weighted by molar-refractivity contribution is 5.87. The molecule has 2 heteroatoms. The standard InChI is InChI=1S/C23H42O2/c1-17(2)12-10-8-9-11-13-21(25-22(24)18(3)4)20-14-19(5)15-23(6,7)16-20/h17,19-21H,3,8-16H2,1-2,4-7H3. The Morgan fingerprint density at radius 3 is 2.24 bits per heavy atom. The van der Waals surface area contributed by atoms with Crippen LogP contribution in [0.5, 0.6) is 0 Å². The maximum absolute atomic E-state index is 12.1. The van der Waals surface area contributed by atoms with Crippen molar-refractivity contribution in [2.24, 2.45) is 23.2 Å². The van der Waals surface area contributed by atoms with Crippen LogP contribution in [0.3, 0.4) is 0 Å². The molecule has 0 aromatic carbocycles. The first-order valence-electron chi connectivity index (χ1n) is 10.5. The molecular weight excluding hydrogens is 308 g/mol. The molecule has 1 saturated carbocycles. The van der Waals surface area contributed by atoms with Crippen molar-refractivity contribution in [2.45, 2.75) is 105 Å². The summed E-state index contributed by atoms with van der Waals surface area (Å²) in [7, 11) is 0. The molecule has 3 atom stereocenters. The highest BCUT2D eigenvalue weighted by Crippen LogP contribution is 2.44. The molecule has 0 radical (unpaired) electrons. The van der Waals surface area contributed by atoms with E-state index in [0.717, 1.165) is 18.8 Å². The van der Waals surface area contributed by atoms with E-state index in [2.05, 4.69) is 41.2 Å². The number of carbonyl (C=O) groups is 1. The van der Waals surface area contributed by atoms with Gasteiger partial charge in [-0.05, 0) is 62.2 Å². The number of hydrogen-bond donors (Lipinski definition) is 0. The summed E-state index contributed by atoms with van der Waals surface area (Å²) in [6, 6.07) is 0. The van der Waals surface area contributed by atoms with Gasteiger partial charge in [0.05, 0.1) is 0 Å². The lowest BCUT2D eigenvalue weighted by Crippen LogP contribution is -2.36. The normalized spacial score (nSPS) is 24.1. The van der Waals surface area contributed by atoms with Gasteiger partial charge in [-0.2, -0.15) is 0 Å². The van der Waals surface area contributed by atoms with Crippen molar-refractivity contribution in [1.82, 2.24) is 0 Å². The summed E-state index contributed by atoms with van der Waals surface area (Å²) in [5, 5.41) is 0. The average molecular weight is 351 g/mol. The molecule has 0 aromatic rings. The summed E-state index contributed by atoms with van der Waals surface area (Å²) >= 11 is 0. The Hall–Kier alpha value is -0.790. The lowest BCUT2D eigenvalue weighted by Gasteiger charge is -2.42. The van der Waals surface area contributed by atoms with Gasteiger partial charge in [-0.3, -0.25) is 0 Å². The Morgan fingerprint density at radius 2 is 1.72 bits per heavy atom. The monoisotopic (exact) mass is 350 g/mol. The van der Waals surface area contributed by atoms with E-state index in [1.807, 2.05) is 0 Å². The van der Waals surface area contributed by atoms with Gasteiger partial charge >= 0.3 is 5.97 Å². The van der Waals surface area contributed by atoms with Crippen LogP contribution >= 0.6 is 0 Å². The Kier molecular flexibility index (Phi) is 9.24. The van der Waals surface area contributed by atoms with Crippen LogP contribution in [0.1, 0.15) is 99.3 Å². The topological polar surface area (TPSA) is 26.3 Å². The molecule has 0 bridgehead atoms. The second kappa shape index (κ2) is 10.4. The molecule has 0 N–H and O–H groups in total. The predicted octanol–water partition coefficient (Wildman–Crippen LogP) is 6.93.